The molecular weight excluding hydrogens is 509 g/mol. The minimum absolute atomic E-state index is 0.0607. The van der Waals surface area contributed by atoms with E-state index in [1.807, 2.05) is 60.7 Å². The van der Waals surface area contributed by atoms with Crippen molar-refractivity contribution in [1.82, 2.24) is 5.32 Å². The molecule has 0 radical (unpaired) electrons. The number of halogens is 1. The molecule has 0 unspecified atom stereocenters. The zero-order valence-corrected chi connectivity index (χ0v) is 22.8. The van der Waals surface area contributed by atoms with Crippen LogP contribution in [0.25, 0.3) is 0 Å². The summed E-state index contributed by atoms with van der Waals surface area (Å²) in [5.41, 5.74) is 1.08. The Labute approximate surface area is 223 Å². The van der Waals surface area contributed by atoms with Crippen LogP contribution in [0.1, 0.15) is 31.9 Å². The van der Waals surface area contributed by atoms with Crippen molar-refractivity contribution < 1.29 is 22.3 Å². The standard InChI is InChI=1S/C29H32FNO4S2/c1-29(2,3)35-28(32)31-25(21-23-15-9-5-10-16-23)26(36-20-19-22-13-7-4-8-14-22)27(30)37(33,34)24-17-11-6-12-18-24/h4-18,25H,19-21H2,1-3H3,(H,31,32)/b27-26+/t25-/m0/s1. The predicted molar refractivity (Wildman–Crippen MR) is 148 cm³/mol. The van der Waals surface area contributed by atoms with Crippen LogP contribution in [0.2, 0.25) is 0 Å². The fourth-order valence-electron chi connectivity index (χ4n) is 3.56. The van der Waals surface area contributed by atoms with Crippen molar-refractivity contribution in [2.24, 2.45) is 0 Å². The Morgan fingerprint density at radius 3 is 1.95 bits per heavy atom. The number of sulfone groups is 1. The second-order valence-corrected chi connectivity index (χ2v) is 12.4. The number of rotatable bonds is 10. The summed E-state index contributed by atoms with van der Waals surface area (Å²) in [6, 6.07) is 25.4. The number of aryl methyl sites for hydroxylation is 1. The third-order valence-electron chi connectivity index (χ3n) is 5.26. The van der Waals surface area contributed by atoms with Crippen LogP contribution in [0.4, 0.5) is 9.18 Å². The summed E-state index contributed by atoms with van der Waals surface area (Å²) >= 11 is 1.09. The highest BCUT2D eigenvalue weighted by Crippen LogP contribution is 2.33. The molecule has 0 aromatic heterocycles. The van der Waals surface area contributed by atoms with Gasteiger partial charge in [0.2, 0.25) is 15.0 Å². The maximum Gasteiger partial charge on any atom is 0.408 e. The quantitative estimate of drug-likeness (QED) is 0.309. The molecule has 1 atom stereocenters. The van der Waals surface area contributed by atoms with Crippen molar-refractivity contribution in [3.8, 4) is 0 Å². The lowest BCUT2D eigenvalue weighted by molar-refractivity contribution is 0.0513. The van der Waals surface area contributed by atoms with Gasteiger partial charge >= 0.3 is 6.09 Å². The Balaban J connectivity index is 2.02. The van der Waals surface area contributed by atoms with E-state index in [1.54, 1.807) is 39.0 Å². The molecule has 0 spiro atoms. The van der Waals surface area contributed by atoms with Gasteiger partial charge in [-0.05, 0) is 56.9 Å². The number of hydrogen-bond donors (Lipinski definition) is 1. The number of hydrogen-bond acceptors (Lipinski definition) is 5. The molecule has 3 aromatic rings. The third kappa shape index (κ3) is 8.76. The van der Waals surface area contributed by atoms with Crippen molar-refractivity contribution in [1.29, 1.82) is 0 Å². The molecule has 0 saturated carbocycles. The van der Waals surface area contributed by atoms with E-state index < -0.39 is 32.7 Å². The predicted octanol–water partition coefficient (Wildman–Crippen LogP) is 6.71. The zero-order chi connectivity index (χ0) is 26.9. The minimum Gasteiger partial charge on any atom is -0.444 e. The maximum atomic E-state index is 16.1. The minimum atomic E-state index is -4.44. The summed E-state index contributed by atoms with van der Waals surface area (Å²) in [6.45, 7) is 5.18. The van der Waals surface area contributed by atoms with E-state index in [-0.39, 0.29) is 16.2 Å². The van der Waals surface area contributed by atoms with Gasteiger partial charge in [0.25, 0.3) is 0 Å². The Hall–Kier alpha value is -3.10. The number of nitrogens with one attached hydrogen (secondary N) is 1. The van der Waals surface area contributed by atoms with E-state index in [4.69, 9.17) is 4.74 Å². The highest BCUT2D eigenvalue weighted by molar-refractivity contribution is 8.04. The Morgan fingerprint density at radius 1 is 0.892 bits per heavy atom. The first-order valence-corrected chi connectivity index (χ1v) is 14.4. The van der Waals surface area contributed by atoms with Crippen LogP contribution in [0.5, 0.6) is 0 Å². The number of ether oxygens (including phenoxy) is 1. The third-order valence-corrected chi connectivity index (χ3v) is 8.16. The van der Waals surface area contributed by atoms with Crippen LogP contribution in [-0.4, -0.2) is 31.9 Å². The number of carbonyl (C=O) groups excluding carboxylic acids is 1. The first kappa shape index (κ1) is 28.5. The van der Waals surface area contributed by atoms with E-state index in [2.05, 4.69) is 5.32 Å². The lowest BCUT2D eigenvalue weighted by Gasteiger charge is -2.25. The number of carbonyl (C=O) groups is 1. The van der Waals surface area contributed by atoms with Gasteiger partial charge in [0.1, 0.15) is 5.60 Å². The molecule has 3 rings (SSSR count). The van der Waals surface area contributed by atoms with Gasteiger partial charge in [-0.15, -0.1) is 11.8 Å². The number of alkyl carbamates (subject to hydrolysis) is 1. The number of thioether (sulfide) groups is 1. The van der Waals surface area contributed by atoms with E-state index in [0.717, 1.165) is 22.9 Å². The van der Waals surface area contributed by atoms with E-state index in [9.17, 15) is 13.2 Å². The Morgan fingerprint density at radius 2 is 1.41 bits per heavy atom. The lowest BCUT2D eigenvalue weighted by Crippen LogP contribution is -2.41. The van der Waals surface area contributed by atoms with Crippen LogP contribution in [0.15, 0.2) is 106 Å². The van der Waals surface area contributed by atoms with Gasteiger partial charge in [0, 0.05) is 5.75 Å². The monoisotopic (exact) mass is 541 g/mol. The first-order chi connectivity index (χ1) is 17.6. The lowest BCUT2D eigenvalue weighted by atomic mass is 10.1. The molecule has 37 heavy (non-hydrogen) atoms. The summed E-state index contributed by atoms with van der Waals surface area (Å²) in [5, 5.41) is 1.46. The topological polar surface area (TPSA) is 72.5 Å². The summed E-state index contributed by atoms with van der Waals surface area (Å²) in [6.07, 6.45) is 0.0309. The SMILES string of the molecule is CC(C)(C)OC(=O)N[C@@H](Cc1ccccc1)/C(SCCc1ccccc1)=C(/F)S(=O)(=O)c1ccccc1. The largest absolute Gasteiger partial charge is 0.444 e. The molecule has 0 aliphatic carbocycles. The highest BCUT2D eigenvalue weighted by atomic mass is 32.2. The van der Waals surface area contributed by atoms with Crippen LogP contribution in [0, 0.1) is 0 Å². The van der Waals surface area contributed by atoms with E-state index >= 15 is 4.39 Å². The van der Waals surface area contributed by atoms with Gasteiger partial charge in [-0.1, -0.05) is 78.9 Å². The van der Waals surface area contributed by atoms with E-state index in [0.29, 0.717) is 12.2 Å². The zero-order valence-electron chi connectivity index (χ0n) is 21.2. The fraction of sp³-hybridized carbons (Fsp3) is 0.276. The van der Waals surface area contributed by atoms with Crippen LogP contribution < -0.4 is 5.32 Å². The average Bonchev–Trinajstić information content (AvgIpc) is 2.86. The molecule has 0 saturated heterocycles. The summed E-state index contributed by atoms with van der Waals surface area (Å²) in [5.74, 6) is 0.415. The summed E-state index contributed by atoms with van der Waals surface area (Å²) in [4.78, 5) is 12.6. The highest BCUT2D eigenvalue weighted by Gasteiger charge is 2.31. The van der Waals surface area contributed by atoms with Gasteiger partial charge in [0.05, 0.1) is 15.8 Å². The number of benzene rings is 3. The maximum absolute atomic E-state index is 16.1. The van der Waals surface area contributed by atoms with Crippen molar-refractivity contribution in [3.05, 3.63) is 112 Å². The summed E-state index contributed by atoms with van der Waals surface area (Å²) < 4.78 is 48.1. The van der Waals surface area contributed by atoms with Gasteiger partial charge in [-0.3, -0.25) is 0 Å². The van der Waals surface area contributed by atoms with Crippen molar-refractivity contribution >= 4 is 27.7 Å². The van der Waals surface area contributed by atoms with Gasteiger partial charge in [-0.2, -0.15) is 4.39 Å². The molecule has 3 aromatic carbocycles. The molecule has 0 fully saturated rings. The Bertz CT molecular complexity index is 1290. The molecular formula is C29H32FNO4S2. The van der Waals surface area contributed by atoms with Gasteiger partial charge < -0.3 is 10.1 Å². The van der Waals surface area contributed by atoms with Crippen LogP contribution in [-0.2, 0) is 27.4 Å². The molecule has 8 heteroatoms. The van der Waals surface area contributed by atoms with Crippen LogP contribution >= 0.6 is 11.8 Å². The van der Waals surface area contributed by atoms with Crippen LogP contribution in [0.3, 0.4) is 0 Å². The average molecular weight is 542 g/mol. The second-order valence-electron chi connectivity index (χ2n) is 9.43. The second kappa shape index (κ2) is 12.9. The van der Waals surface area contributed by atoms with Crippen molar-refractivity contribution in [2.75, 3.05) is 5.75 Å². The molecule has 196 valence electrons. The Kier molecular flexibility index (Phi) is 9.94. The molecule has 0 bridgehead atoms. The first-order valence-electron chi connectivity index (χ1n) is 12.0. The molecule has 1 amide bonds. The molecule has 0 aliphatic heterocycles. The molecule has 5 nitrogen and oxygen atoms in total. The molecule has 0 aliphatic rings. The number of amides is 1. The summed E-state index contributed by atoms with van der Waals surface area (Å²) in [7, 11) is -4.44. The normalized spacial score (nSPS) is 13.4. The molecule has 1 N–H and O–H groups in total. The van der Waals surface area contributed by atoms with Gasteiger partial charge in [0.15, 0.2) is 0 Å². The smallest absolute Gasteiger partial charge is 0.408 e. The van der Waals surface area contributed by atoms with Crippen molar-refractivity contribution in [2.45, 2.75) is 50.2 Å². The van der Waals surface area contributed by atoms with Gasteiger partial charge in [-0.25, -0.2) is 13.2 Å². The fourth-order valence-corrected chi connectivity index (χ4v) is 6.21. The molecule has 0 heterocycles. The van der Waals surface area contributed by atoms with Crippen molar-refractivity contribution in [3.63, 3.8) is 0 Å². The van der Waals surface area contributed by atoms with E-state index in [1.165, 1.54) is 12.1 Å².